The second-order valence-electron chi connectivity index (χ2n) is 7.51. The largest absolute Gasteiger partial charge is 0.376 e. The maximum Gasteiger partial charge on any atom is 0.255 e. The highest BCUT2D eigenvalue weighted by Gasteiger charge is 2.25. The predicted molar refractivity (Wildman–Crippen MR) is 115 cm³/mol. The third kappa shape index (κ3) is 5.61. The molecule has 0 unspecified atom stereocenters. The summed E-state index contributed by atoms with van der Waals surface area (Å²) in [6.07, 6.45) is 0. The zero-order chi connectivity index (χ0) is 21.3. The van der Waals surface area contributed by atoms with Crippen LogP contribution in [-0.2, 0) is 10.0 Å². The first kappa shape index (κ1) is 22.5. The molecule has 152 valence electrons. The Balaban J connectivity index is 2.40. The molecule has 0 aliphatic heterocycles. The van der Waals surface area contributed by atoms with E-state index in [1.54, 1.807) is 39.0 Å². The number of hydrogen-bond acceptors (Lipinski definition) is 4. The van der Waals surface area contributed by atoms with Crippen LogP contribution in [0.2, 0.25) is 10.0 Å². The molecule has 28 heavy (non-hydrogen) atoms. The van der Waals surface area contributed by atoms with Crippen LogP contribution in [0.5, 0.6) is 0 Å². The van der Waals surface area contributed by atoms with Crippen LogP contribution in [0.4, 0.5) is 11.4 Å². The van der Waals surface area contributed by atoms with Crippen LogP contribution >= 0.6 is 23.2 Å². The number of nitrogens with one attached hydrogen (secondary N) is 2. The Morgan fingerprint density at radius 2 is 1.68 bits per heavy atom. The maximum atomic E-state index is 12.7. The monoisotopic (exact) mass is 443 g/mol. The van der Waals surface area contributed by atoms with E-state index in [1.165, 1.54) is 18.2 Å². The van der Waals surface area contributed by atoms with E-state index in [4.69, 9.17) is 23.2 Å². The van der Waals surface area contributed by atoms with Crippen molar-refractivity contribution >= 4 is 50.5 Å². The molecule has 0 heterocycles. The van der Waals surface area contributed by atoms with Crippen molar-refractivity contribution < 1.29 is 13.2 Å². The van der Waals surface area contributed by atoms with Gasteiger partial charge in [-0.2, -0.15) is 0 Å². The molecule has 0 bridgehead atoms. The molecule has 2 rings (SSSR count). The highest BCUT2D eigenvalue weighted by molar-refractivity contribution is 7.89. The summed E-state index contributed by atoms with van der Waals surface area (Å²) in [6, 6.07) is 9.24. The van der Waals surface area contributed by atoms with E-state index in [-0.39, 0.29) is 15.5 Å². The number of halogens is 2. The Hall–Kier alpha value is -1.80. The van der Waals surface area contributed by atoms with Crippen molar-refractivity contribution in [1.29, 1.82) is 0 Å². The summed E-state index contributed by atoms with van der Waals surface area (Å²) in [5.74, 6) is -0.478. The van der Waals surface area contributed by atoms with E-state index in [1.807, 2.05) is 19.0 Å². The van der Waals surface area contributed by atoms with Gasteiger partial charge in [-0.25, -0.2) is 13.1 Å². The minimum atomic E-state index is -3.90. The van der Waals surface area contributed by atoms with E-state index in [0.29, 0.717) is 10.7 Å². The summed E-state index contributed by atoms with van der Waals surface area (Å²) >= 11 is 12.1. The van der Waals surface area contributed by atoms with Crippen LogP contribution in [0.25, 0.3) is 0 Å². The average Bonchev–Trinajstić information content (AvgIpc) is 2.52. The Morgan fingerprint density at radius 1 is 1.04 bits per heavy atom. The van der Waals surface area contributed by atoms with Crippen molar-refractivity contribution in [2.45, 2.75) is 31.2 Å². The van der Waals surface area contributed by atoms with Crippen molar-refractivity contribution in [3.63, 3.8) is 0 Å². The summed E-state index contributed by atoms with van der Waals surface area (Å²) in [5.41, 5.74) is 0.731. The minimum absolute atomic E-state index is 0.0324. The summed E-state index contributed by atoms with van der Waals surface area (Å²) < 4.78 is 27.8. The molecule has 0 aromatic heterocycles. The van der Waals surface area contributed by atoms with Gasteiger partial charge in [0, 0.05) is 30.2 Å². The number of sulfonamides is 1. The molecule has 0 aliphatic rings. The maximum absolute atomic E-state index is 12.7. The fraction of sp³-hybridized carbons (Fsp3) is 0.316. The molecule has 0 saturated heterocycles. The van der Waals surface area contributed by atoms with E-state index >= 15 is 0 Å². The Morgan fingerprint density at radius 3 is 2.25 bits per heavy atom. The third-order valence-corrected chi connectivity index (χ3v) is 6.09. The molecule has 0 radical (unpaired) electrons. The molecular weight excluding hydrogens is 421 g/mol. The topological polar surface area (TPSA) is 78.5 Å². The lowest BCUT2D eigenvalue weighted by molar-refractivity contribution is 0.102. The number of carbonyl (C=O) groups is 1. The van der Waals surface area contributed by atoms with Crippen molar-refractivity contribution in [2.75, 3.05) is 24.3 Å². The SMILES string of the molecule is CN(C)c1ccc(Cl)cc1NC(=O)c1ccc(Cl)c(S(=O)(=O)NC(C)(C)C)c1. The normalized spacial score (nSPS) is 12.0. The molecule has 0 fully saturated rings. The summed E-state index contributed by atoms with van der Waals surface area (Å²) in [4.78, 5) is 14.4. The van der Waals surface area contributed by atoms with Gasteiger partial charge in [-0.1, -0.05) is 23.2 Å². The van der Waals surface area contributed by atoms with Crippen LogP contribution < -0.4 is 14.9 Å². The summed E-state index contributed by atoms with van der Waals surface area (Å²) in [6.45, 7) is 5.16. The molecule has 0 atom stereocenters. The van der Waals surface area contributed by atoms with Gasteiger partial charge in [-0.15, -0.1) is 0 Å². The molecule has 0 spiro atoms. The fourth-order valence-corrected chi connectivity index (χ4v) is 4.62. The first-order valence-electron chi connectivity index (χ1n) is 8.42. The molecular formula is C19H23Cl2N3O3S. The standard InChI is InChI=1S/C19H23Cl2N3O3S/c1-19(2,3)23-28(26,27)17-10-12(6-8-14(17)21)18(25)22-15-11-13(20)7-9-16(15)24(4)5/h6-11,23H,1-5H3,(H,22,25). The molecule has 1 amide bonds. The Labute approximate surface area is 175 Å². The van der Waals surface area contributed by atoms with E-state index in [9.17, 15) is 13.2 Å². The first-order chi connectivity index (χ1) is 12.8. The van der Waals surface area contributed by atoms with Crippen LogP contribution in [-0.4, -0.2) is 34.0 Å². The number of anilines is 2. The summed E-state index contributed by atoms with van der Waals surface area (Å²) in [7, 11) is -0.222. The highest BCUT2D eigenvalue weighted by Crippen LogP contribution is 2.29. The van der Waals surface area contributed by atoms with Gasteiger partial charge in [0.05, 0.1) is 16.4 Å². The van der Waals surface area contributed by atoms with Gasteiger partial charge in [-0.05, 0) is 57.2 Å². The second-order valence-corrected chi connectivity index (χ2v) is 10.0. The number of amides is 1. The molecule has 9 heteroatoms. The van der Waals surface area contributed by atoms with Crippen LogP contribution in [0, 0.1) is 0 Å². The molecule has 0 saturated carbocycles. The molecule has 0 aliphatic carbocycles. The number of hydrogen-bond donors (Lipinski definition) is 2. The van der Waals surface area contributed by atoms with E-state index < -0.39 is 21.5 Å². The Bertz CT molecular complexity index is 1000. The lowest BCUT2D eigenvalue weighted by atomic mass is 10.1. The lowest BCUT2D eigenvalue weighted by Gasteiger charge is -2.21. The lowest BCUT2D eigenvalue weighted by Crippen LogP contribution is -2.40. The molecule has 2 N–H and O–H groups in total. The molecule has 2 aromatic rings. The van der Waals surface area contributed by atoms with E-state index in [0.717, 1.165) is 5.69 Å². The summed E-state index contributed by atoms with van der Waals surface area (Å²) in [5, 5.41) is 3.27. The van der Waals surface area contributed by atoms with Gasteiger partial charge >= 0.3 is 0 Å². The van der Waals surface area contributed by atoms with Gasteiger partial charge in [0.15, 0.2) is 0 Å². The van der Waals surface area contributed by atoms with Crippen LogP contribution in [0.1, 0.15) is 31.1 Å². The molecule has 6 nitrogen and oxygen atoms in total. The van der Waals surface area contributed by atoms with Gasteiger partial charge < -0.3 is 10.2 Å². The number of carbonyl (C=O) groups excluding carboxylic acids is 1. The van der Waals surface area contributed by atoms with Crippen molar-refractivity contribution in [3.8, 4) is 0 Å². The van der Waals surface area contributed by atoms with Crippen LogP contribution in [0.15, 0.2) is 41.3 Å². The zero-order valence-electron chi connectivity index (χ0n) is 16.3. The number of rotatable bonds is 5. The predicted octanol–water partition coefficient (Wildman–Crippen LogP) is 4.39. The zero-order valence-corrected chi connectivity index (χ0v) is 18.6. The minimum Gasteiger partial charge on any atom is -0.376 e. The third-order valence-electron chi connectivity index (χ3n) is 3.61. The number of nitrogens with zero attached hydrogens (tertiary/aromatic N) is 1. The van der Waals surface area contributed by atoms with Crippen molar-refractivity contribution in [1.82, 2.24) is 4.72 Å². The van der Waals surface area contributed by atoms with Crippen LogP contribution in [0.3, 0.4) is 0 Å². The van der Waals surface area contributed by atoms with Gasteiger partial charge in [0.1, 0.15) is 4.90 Å². The quantitative estimate of drug-likeness (QED) is 0.717. The van der Waals surface area contributed by atoms with Gasteiger partial charge in [0.2, 0.25) is 10.0 Å². The smallest absolute Gasteiger partial charge is 0.255 e. The van der Waals surface area contributed by atoms with Gasteiger partial charge in [0.25, 0.3) is 5.91 Å². The fourth-order valence-electron chi connectivity index (χ4n) is 2.50. The average molecular weight is 444 g/mol. The second kappa shape index (κ2) is 8.29. The van der Waals surface area contributed by atoms with E-state index in [2.05, 4.69) is 10.0 Å². The van der Waals surface area contributed by atoms with Crippen molar-refractivity contribution in [2.24, 2.45) is 0 Å². The Kier molecular flexibility index (Phi) is 6.66. The highest BCUT2D eigenvalue weighted by atomic mass is 35.5. The number of benzene rings is 2. The molecule has 2 aromatic carbocycles. The van der Waals surface area contributed by atoms with Crippen molar-refractivity contribution in [3.05, 3.63) is 52.0 Å². The first-order valence-corrected chi connectivity index (χ1v) is 10.7. The van der Waals surface area contributed by atoms with Gasteiger partial charge in [-0.3, -0.25) is 4.79 Å².